The van der Waals surface area contributed by atoms with Crippen molar-refractivity contribution in [2.24, 2.45) is 5.92 Å². The molecule has 1 aromatic carbocycles. The summed E-state index contributed by atoms with van der Waals surface area (Å²) in [6.45, 7) is 4.17. The third-order valence-corrected chi connectivity index (χ3v) is 2.73. The van der Waals surface area contributed by atoms with Crippen LogP contribution in [0.2, 0.25) is 0 Å². The second-order valence-corrected chi connectivity index (χ2v) is 5.03. The molecule has 0 heterocycles. The topological polar surface area (TPSA) is 56.0 Å². The van der Waals surface area contributed by atoms with Gasteiger partial charge in [-0.25, -0.2) is 0 Å². The first kappa shape index (κ1) is 16.3. The van der Waals surface area contributed by atoms with Gasteiger partial charge >= 0.3 is 6.18 Å². The summed E-state index contributed by atoms with van der Waals surface area (Å²) in [5.41, 5.74) is -0.994. The second kappa shape index (κ2) is 6.62. The molecule has 6 heteroatoms. The first-order valence-corrected chi connectivity index (χ1v) is 6.27. The average molecular weight is 286 g/mol. The van der Waals surface area contributed by atoms with Crippen LogP contribution in [0, 0.1) is 17.2 Å². The minimum absolute atomic E-state index is 0.231. The van der Waals surface area contributed by atoms with Crippen LogP contribution in [-0.2, 0) is 6.18 Å². The highest BCUT2D eigenvalue weighted by Gasteiger charge is 2.33. The zero-order chi connectivity index (χ0) is 15.3. The van der Waals surface area contributed by atoms with Crippen molar-refractivity contribution in [3.8, 4) is 6.07 Å². The summed E-state index contributed by atoms with van der Waals surface area (Å²) in [7, 11) is 0. The highest BCUT2D eigenvalue weighted by molar-refractivity contribution is 5.53. The molecule has 0 saturated heterocycles. The molecule has 1 atom stereocenters. The van der Waals surface area contributed by atoms with Gasteiger partial charge in [0.05, 0.1) is 23.3 Å². The van der Waals surface area contributed by atoms with Crippen LogP contribution in [0.25, 0.3) is 0 Å². The van der Waals surface area contributed by atoms with Crippen molar-refractivity contribution in [1.29, 1.82) is 5.26 Å². The Morgan fingerprint density at radius 2 is 2.00 bits per heavy atom. The summed E-state index contributed by atoms with van der Waals surface area (Å²) in [6.07, 6.45) is -4.53. The molecule has 20 heavy (non-hydrogen) atoms. The number of nitriles is 1. The molecule has 2 N–H and O–H groups in total. The maximum atomic E-state index is 12.6. The number of nitrogens with one attached hydrogen (secondary N) is 1. The number of benzene rings is 1. The second-order valence-electron chi connectivity index (χ2n) is 5.03. The normalized spacial score (nSPS) is 13.1. The summed E-state index contributed by atoms with van der Waals surface area (Å²) >= 11 is 0. The van der Waals surface area contributed by atoms with Gasteiger partial charge in [-0.15, -0.1) is 0 Å². The number of hydrogen-bond acceptors (Lipinski definition) is 3. The Labute approximate surface area is 116 Å². The van der Waals surface area contributed by atoms with E-state index in [9.17, 15) is 18.3 Å². The Kier molecular flexibility index (Phi) is 5.40. The number of hydrogen-bond donors (Lipinski definition) is 2. The molecule has 0 aliphatic carbocycles. The van der Waals surface area contributed by atoms with E-state index >= 15 is 0 Å². The Balaban J connectivity index is 2.77. The van der Waals surface area contributed by atoms with Gasteiger partial charge in [0.15, 0.2) is 0 Å². The standard InChI is InChI=1S/C14H17F3N2O/c1-9(2)5-12(20)8-19-11-3-4-13(14(15,16)17)10(6-11)7-18/h3-4,6,9,12,19-20H,5,8H2,1-2H3. The van der Waals surface area contributed by atoms with Crippen LogP contribution in [0.5, 0.6) is 0 Å². The van der Waals surface area contributed by atoms with Gasteiger partial charge in [0.1, 0.15) is 0 Å². The maximum absolute atomic E-state index is 12.6. The third-order valence-electron chi connectivity index (χ3n) is 2.73. The van der Waals surface area contributed by atoms with Crippen molar-refractivity contribution in [3.63, 3.8) is 0 Å². The molecule has 1 unspecified atom stereocenters. The van der Waals surface area contributed by atoms with Gasteiger partial charge < -0.3 is 10.4 Å². The van der Waals surface area contributed by atoms with Gasteiger partial charge in [0, 0.05) is 12.2 Å². The van der Waals surface area contributed by atoms with Gasteiger partial charge in [0.25, 0.3) is 0 Å². The summed E-state index contributed by atoms with van der Waals surface area (Å²) in [5.74, 6) is 0.328. The van der Waals surface area contributed by atoms with E-state index < -0.39 is 23.4 Å². The van der Waals surface area contributed by atoms with Crippen molar-refractivity contribution >= 4 is 5.69 Å². The number of nitrogens with zero attached hydrogens (tertiary/aromatic N) is 1. The smallest absolute Gasteiger partial charge is 0.391 e. The Bertz CT molecular complexity index is 492. The molecule has 0 saturated carbocycles. The summed E-state index contributed by atoms with van der Waals surface area (Å²) < 4.78 is 37.8. The van der Waals surface area contributed by atoms with Gasteiger partial charge in [-0.05, 0) is 30.5 Å². The van der Waals surface area contributed by atoms with E-state index in [4.69, 9.17) is 5.26 Å². The molecule has 0 amide bonds. The number of alkyl halides is 3. The van der Waals surface area contributed by atoms with Gasteiger partial charge in [-0.3, -0.25) is 0 Å². The number of aliphatic hydroxyl groups excluding tert-OH is 1. The molecule has 0 fully saturated rings. The zero-order valence-electron chi connectivity index (χ0n) is 11.3. The minimum atomic E-state index is -4.54. The van der Waals surface area contributed by atoms with Crippen LogP contribution >= 0.6 is 0 Å². The monoisotopic (exact) mass is 286 g/mol. The maximum Gasteiger partial charge on any atom is 0.417 e. The van der Waals surface area contributed by atoms with E-state index in [1.165, 1.54) is 12.1 Å². The van der Waals surface area contributed by atoms with Gasteiger partial charge in [0.2, 0.25) is 0 Å². The van der Waals surface area contributed by atoms with Crippen LogP contribution in [-0.4, -0.2) is 17.8 Å². The number of aliphatic hydroxyl groups is 1. The average Bonchev–Trinajstić information content (AvgIpc) is 2.34. The number of anilines is 1. The zero-order valence-corrected chi connectivity index (χ0v) is 11.3. The van der Waals surface area contributed by atoms with E-state index in [2.05, 4.69) is 5.32 Å². The lowest BCUT2D eigenvalue weighted by Gasteiger charge is -2.16. The lowest BCUT2D eigenvalue weighted by Crippen LogP contribution is -2.21. The third kappa shape index (κ3) is 4.74. The van der Waals surface area contributed by atoms with Gasteiger partial charge in [-0.1, -0.05) is 13.8 Å². The predicted molar refractivity (Wildman–Crippen MR) is 70.1 cm³/mol. The molecule has 0 aliphatic rings. The SMILES string of the molecule is CC(C)CC(O)CNc1ccc(C(F)(F)F)c(C#N)c1. The van der Waals surface area contributed by atoms with Crippen molar-refractivity contribution in [2.45, 2.75) is 32.5 Å². The highest BCUT2D eigenvalue weighted by atomic mass is 19.4. The molecule has 0 bridgehead atoms. The summed E-state index contributed by atoms with van der Waals surface area (Å²) in [5, 5.41) is 21.3. The lowest BCUT2D eigenvalue weighted by atomic mass is 10.1. The molecule has 1 aromatic rings. The molecule has 110 valence electrons. The van der Waals surface area contributed by atoms with Crippen molar-refractivity contribution in [1.82, 2.24) is 0 Å². The molecule has 0 aliphatic heterocycles. The quantitative estimate of drug-likeness (QED) is 0.872. The van der Waals surface area contributed by atoms with E-state index in [0.29, 0.717) is 18.0 Å². The largest absolute Gasteiger partial charge is 0.417 e. The van der Waals surface area contributed by atoms with E-state index in [1.807, 2.05) is 13.8 Å². The number of rotatable bonds is 5. The van der Waals surface area contributed by atoms with E-state index in [-0.39, 0.29) is 6.54 Å². The fraction of sp³-hybridized carbons (Fsp3) is 0.500. The van der Waals surface area contributed by atoms with Crippen molar-refractivity contribution < 1.29 is 18.3 Å². The fourth-order valence-corrected chi connectivity index (χ4v) is 1.86. The van der Waals surface area contributed by atoms with Crippen molar-refractivity contribution in [3.05, 3.63) is 29.3 Å². The van der Waals surface area contributed by atoms with Crippen LogP contribution in [0.1, 0.15) is 31.4 Å². The number of halogens is 3. The molecule has 0 spiro atoms. The minimum Gasteiger partial charge on any atom is -0.391 e. The molecule has 1 rings (SSSR count). The predicted octanol–water partition coefficient (Wildman–Crippen LogP) is 3.40. The van der Waals surface area contributed by atoms with Crippen LogP contribution in [0.3, 0.4) is 0 Å². The summed E-state index contributed by atoms with van der Waals surface area (Å²) in [6, 6.07) is 4.81. The first-order chi connectivity index (χ1) is 9.24. The molecule has 0 radical (unpaired) electrons. The van der Waals surface area contributed by atoms with Crippen molar-refractivity contribution in [2.75, 3.05) is 11.9 Å². The van der Waals surface area contributed by atoms with Crippen LogP contribution in [0.4, 0.5) is 18.9 Å². The van der Waals surface area contributed by atoms with E-state index in [0.717, 1.165) is 12.1 Å². The first-order valence-electron chi connectivity index (χ1n) is 6.27. The van der Waals surface area contributed by atoms with Crippen LogP contribution in [0.15, 0.2) is 18.2 Å². The van der Waals surface area contributed by atoms with Crippen LogP contribution < -0.4 is 5.32 Å². The molecule has 3 nitrogen and oxygen atoms in total. The van der Waals surface area contributed by atoms with Gasteiger partial charge in [-0.2, -0.15) is 18.4 Å². The lowest BCUT2D eigenvalue weighted by molar-refractivity contribution is -0.137. The Morgan fingerprint density at radius 3 is 2.50 bits per heavy atom. The Hall–Kier alpha value is -1.74. The molecular weight excluding hydrogens is 269 g/mol. The molecular formula is C14H17F3N2O. The Morgan fingerprint density at radius 1 is 1.35 bits per heavy atom. The fourth-order valence-electron chi connectivity index (χ4n) is 1.86. The van der Waals surface area contributed by atoms with E-state index in [1.54, 1.807) is 0 Å². The molecule has 0 aromatic heterocycles. The summed E-state index contributed by atoms with van der Waals surface area (Å²) in [4.78, 5) is 0. The highest BCUT2D eigenvalue weighted by Crippen LogP contribution is 2.32.